The summed E-state index contributed by atoms with van der Waals surface area (Å²) in [4.78, 5) is 10.0. The number of fused-ring (bicyclic) bond motifs is 1. The third-order valence-corrected chi connectivity index (χ3v) is 2.05. The molecule has 1 heterocycles. The van der Waals surface area contributed by atoms with E-state index in [2.05, 4.69) is 4.74 Å². The zero-order valence-corrected chi connectivity index (χ0v) is 7.07. The molecule has 14 heavy (non-hydrogen) atoms. The molecule has 0 saturated heterocycles. The van der Waals surface area contributed by atoms with E-state index in [0.717, 1.165) is 0 Å². The fraction of sp³-hybridized carbons (Fsp3) is 0.125. The highest BCUT2D eigenvalue weighted by Crippen LogP contribution is 2.20. The van der Waals surface area contributed by atoms with Crippen LogP contribution in [-0.4, -0.2) is 18.6 Å². The van der Waals surface area contributed by atoms with E-state index in [9.17, 15) is 14.2 Å². The zero-order valence-electron chi connectivity index (χ0n) is 7.07. The lowest BCUT2D eigenvalue weighted by Gasteiger charge is -2.04. The number of rotatable bonds is 2. The molecule has 1 aliphatic heterocycles. The molecule has 0 amide bonds. The number of halogens is 1. The standard InChI is InChI=1S/C8H6BFO4/c10-8-6(13-4-11)2-1-5-3-14-9(12)7(5)8/h1-2,4,12H,3H2. The van der Waals surface area contributed by atoms with Gasteiger partial charge in [0.25, 0.3) is 6.47 Å². The van der Waals surface area contributed by atoms with Crippen LogP contribution in [0.1, 0.15) is 5.56 Å². The molecule has 1 aliphatic rings. The van der Waals surface area contributed by atoms with Crippen molar-refractivity contribution in [2.24, 2.45) is 0 Å². The smallest absolute Gasteiger partial charge is 0.426 e. The first-order chi connectivity index (χ1) is 6.74. The Balaban J connectivity index is 2.49. The summed E-state index contributed by atoms with van der Waals surface area (Å²) in [6.45, 7) is 0.293. The first kappa shape index (κ1) is 9.17. The van der Waals surface area contributed by atoms with Crippen LogP contribution in [0, 0.1) is 5.82 Å². The second-order valence-electron chi connectivity index (χ2n) is 2.83. The molecule has 0 bridgehead atoms. The minimum Gasteiger partial charge on any atom is -0.426 e. The summed E-state index contributed by atoms with van der Waals surface area (Å²) < 4.78 is 22.7. The average molecular weight is 196 g/mol. The van der Waals surface area contributed by atoms with Crippen LogP contribution < -0.4 is 10.2 Å². The molecule has 0 fully saturated rings. The Hall–Kier alpha value is -1.40. The van der Waals surface area contributed by atoms with Crippen molar-refractivity contribution in [3.63, 3.8) is 0 Å². The van der Waals surface area contributed by atoms with E-state index < -0.39 is 12.9 Å². The van der Waals surface area contributed by atoms with Crippen molar-refractivity contribution in [1.82, 2.24) is 0 Å². The molecule has 0 aliphatic carbocycles. The maximum Gasteiger partial charge on any atom is 0.494 e. The summed E-state index contributed by atoms with van der Waals surface area (Å²) in [5.74, 6) is -0.956. The van der Waals surface area contributed by atoms with Gasteiger partial charge in [-0.15, -0.1) is 0 Å². The Bertz CT molecular complexity index is 382. The van der Waals surface area contributed by atoms with Crippen molar-refractivity contribution >= 4 is 19.1 Å². The summed E-state index contributed by atoms with van der Waals surface area (Å²) in [5.41, 5.74) is 0.609. The van der Waals surface area contributed by atoms with E-state index in [0.29, 0.717) is 5.56 Å². The van der Waals surface area contributed by atoms with Gasteiger partial charge in [-0.05, 0) is 11.6 Å². The molecule has 0 atom stereocenters. The molecule has 0 radical (unpaired) electrons. The lowest BCUT2D eigenvalue weighted by molar-refractivity contribution is -0.120. The van der Waals surface area contributed by atoms with E-state index >= 15 is 0 Å². The van der Waals surface area contributed by atoms with Gasteiger partial charge < -0.3 is 14.4 Å². The Morgan fingerprint density at radius 2 is 2.43 bits per heavy atom. The molecule has 4 nitrogen and oxygen atoms in total. The van der Waals surface area contributed by atoms with Crippen LogP contribution in [0.3, 0.4) is 0 Å². The zero-order chi connectivity index (χ0) is 10.1. The van der Waals surface area contributed by atoms with E-state index in [1.54, 1.807) is 6.07 Å². The van der Waals surface area contributed by atoms with Crippen molar-refractivity contribution in [3.05, 3.63) is 23.5 Å². The predicted octanol–water partition coefficient (Wildman–Crippen LogP) is -0.421. The first-order valence-corrected chi connectivity index (χ1v) is 3.95. The van der Waals surface area contributed by atoms with E-state index in [4.69, 9.17) is 4.65 Å². The number of carbonyl (C=O) groups is 1. The van der Waals surface area contributed by atoms with Crippen molar-refractivity contribution < 1.29 is 23.6 Å². The van der Waals surface area contributed by atoms with E-state index in [1.807, 2.05) is 0 Å². The summed E-state index contributed by atoms with van der Waals surface area (Å²) in [6.07, 6.45) is 0. The minimum absolute atomic E-state index is 0.0457. The van der Waals surface area contributed by atoms with Crippen LogP contribution in [-0.2, 0) is 16.1 Å². The van der Waals surface area contributed by atoms with Gasteiger partial charge in [-0.2, -0.15) is 0 Å². The Morgan fingerprint density at radius 3 is 3.14 bits per heavy atom. The molecule has 1 N–H and O–H groups in total. The van der Waals surface area contributed by atoms with Crippen molar-refractivity contribution in [1.29, 1.82) is 0 Å². The quantitative estimate of drug-likeness (QED) is 0.515. The third kappa shape index (κ3) is 1.28. The highest BCUT2D eigenvalue weighted by atomic mass is 19.1. The molecule has 72 valence electrons. The van der Waals surface area contributed by atoms with Gasteiger partial charge >= 0.3 is 7.12 Å². The molecule has 0 saturated carbocycles. The van der Waals surface area contributed by atoms with Crippen molar-refractivity contribution in [3.8, 4) is 5.75 Å². The second-order valence-corrected chi connectivity index (χ2v) is 2.83. The van der Waals surface area contributed by atoms with Crippen LogP contribution >= 0.6 is 0 Å². The van der Waals surface area contributed by atoms with Crippen molar-refractivity contribution in [2.75, 3.05) is 0 Å². The molecule has 0 spiro atoms. The molecule has 1 aromatic carbocycles. The summed E-state index contributed by atoms with van der Waals surface area (Å²) in [5, 5.41) is 9.25. The van der Waals surface area contributed by atoms with Gasteiger partial charge in [-0.25, -0.2) is 4.39 Å². The molecule has 6 heteroatoms. The number of ether oxygens (including phenoxy) is 1. The van der Waals surface area contributed by atoms with Gasteiger partial charge in [0.15, 0.2) is 11.6 Å². The highest BCUT2D eigenvalue weighted by Gasteiger charge is 2.32. The fourth-order valence-corrected chi connectivity index (χ4v) is 1.40. The number of benzene rings is 1. The second kappa shape index (κ2) is 3.40. The van der Waals surface area contributed by atoms with Gasteiger partial charge in [0.2, 0.25) is 0 Å². The highest BCUT2D eigenvalue weighted by molar-refractivity contribution is 6.61. The molecule has 0 unspecified atom stereocenters. The normalized spacial score (nSPS) is 14.0. The van der Waals surface area contributed by atoms with Gasteiger partial charge in [0, 0.05) is 5.46 Å². The maximum atomic E-state index is 13.5. The summed E-state index contributed by atoms with van der Waals surface area (Å²) in [7, 11) is -1.28. The maximum absolute atomic E-state index is 13.5. The lowest BCUT2D eigenvalue weighted by Crippen LogP contribution is -2.31. The Labute approximate surface area is 79.4 Å². The van der Waals surface area contributed by atoms with Gasteiger partial charge in [-0.1, -0.05) is 6.07 Å². The van der Waals surface area contributed by atoms with Gasteiger partial charge in [-0.3, -0.25) is 4.79 Å². The number of carbonyl (C=O) groups excluding carboxylic acids is 1. The van der Waals surface area contributed by atoms with Crippen LogP contribution in [0.4, 0.5) is 4.39 Å². The molecule has 1 aromatic rings. The van der Waals surface area contributed by atoms with Crippen LogP contribution in [0.25, 0.3) is 0 Å². The fourth-order valence-electron chi connectivity index (χ4n) is 1.40. The number of hydrogen-bond acceptors (Lipinski definition) is 4. The predicted molar refractivity (Wildman–Crippen MR) is 45.5 cm³/mol. The van der Waals surface area contributed by atoms with Crippen LogP contribution in [0.2, 0.25) is 0 Å². The largest absolute Gasteiger partial charge is 0.494 e. The summed E-state index contributed by atoms with van der Waals surface area (Å²) in [6, 6.07) is 2.87. The first-order valence-electron chi connectivity index (χ1n) is 3.95. The summed E-state index contributed by atoms with van der Waals surface area (Å²) >= 11 is 0. The SMILES string of the molecule is O=COc1ccc2c(c1F)B(O)OC2. The average Bonchev–Trinajstić information content (AvgIpc) is 2.54. The molecule has 2 rings (SSSR count). The van der Waals surface area contributed by atoms with Gasteiger partial charge in [0.05, 0.1) is 6.61 Å². The lowest BCUT2D eigenvalue weighted by atomic mass is 9.79. The van der Waals surface area contributed by atoms with E-state index in [1.165, 1.54) is 6.07 Å². The third-order valence-electron chi connectivity index (χ3n) is 2.05. The molecular weight excluding hydrogens is 190 g/mol. The molecular formula is C8H6BFO4. The molecule has 0 aromatic heterocycles. The monoisotopic (exact) mass is 196 g/mol. The van der Waals surface area contributed by atoms with Crippen LogP contribution in [0.15, 0.2) is 12.1 Å². The Morgan fingerprint density at radius 1 is 1.64 bits per heavy atom. The van der Waals surface area contributed by atoms with E-state index in [-0.39, 0.29) is 24.3 Å². The van der Waals surface area contributed by atoms with Crippen molar-refractivity contribution in [2.45, 2.75) is 6.61 Å². The number of hydrogen-bond donors (Lipinski definition) is 1. The van der Waals surface area contributed by atoms with Crippen LogP contribution in [0.5, 0.6) is 5.75 Å². The topological polar surface area (TPSA) is 55.8 Å². The minimum atomic E-state index is -1.28. The Kier molecular flexibility index (Phi) is 2.22. The van der Waals surface area contributed by atoms with Gasteiger partial charge in [0.1, 0.15) is 0 Å².